The molecular weight excluding hydrogens is 270 g/mol. The van der Waals surface area contributed by atoms with E-state index in [0.717, 1.165) is 11.1 Å². The zero-order chi connectivity index (χ0) is 15.6. The second kappa shape index (κ2) is 5.36. The highest BCUT2D eigenvalue weighted by atomic mass is 16.6. The first kappa shape index (κ1) is 14.7. The molecule has 0 atom stereocenters. The highest BCUT2D eigenvalue weighted by Gasteiger charge is 2.29. The molecule has 0 aliphatic carbocycles. The SMILES string of the molecule is CC(C)(C(=O)O)c1ccc(-c2ccc([N+](=O)[O-])cc2)cc1. The lowest BCUT2D eigenvalue weighted by Crippen LogP contribution is -2.28. The maximum absolute atomic E-state index is 11.2. The standard InChI is InChI=1S/C16H15NO4/c1-16(2,15(18)19)13-7-3-11(4-8-13)12-5-9-14(10-6-12)17(20)21/h3-10H,1-2H3,(H,18,19). The molecule has 5 nitrogen and oxygen atoms in total. The van der Waals surface area contributed by atoms with E-state index in [9.17, 15) is 20.0 Å². The maximum Gasteiger partial charge on any atom is 0.313 e. The minimum atomic E-state index is -0.950. The molecule has 0 bridgehead atoms. The van der Waals surface area contributed by atoms with E-state index in [1.165, 1.54) is 12.1 Å². The lowest BCUT2D eigenvalue weighted by molar-refractivity contribution is -0.384. The second-order valence-electron chi connectivity index (χ2n) is 5.31. The van der Waals surface area contributed by atoms with Crippen LogP contribution in [0.5, 0.6) is 0 Å². The Morgan fingerprint density at radius 2 is 1.43 bits per heavy atom. The van der Waals surface area contributed by atoms with Crippen molar-refractivity contribution in [3.05, 3.63) is 64.2 Å². The summed E-state index contributed by atoms with van der Waals surface area (Å²) in [5.41, 5.74) is 1.53. The zero-order valence-corrected chi connectivity index (χ0v) is 11.7. The summed E-state index contributed by atoms with van der Waals surface area (Å²) in [6, 6.07) is 13.4. The number of non-ortho nitro benzene ring substituents is 1. The van der Waals surface area contributed by atoms with Gasteiger partial charge in [0.05, 0.1) is 10.3 Å². The molecule has 0 aliphatic heterocycles. The van der Waals surface area contributed by atoms with Gasteiger partial charge in [-0.2, -0.15) is 0 Å². The molecule has 2 aromatic rings. The van der Waals surface area contributed by atoms with Gasteiger partial charge >= 0.3 is 5.97 Å². The van der Waals surface area contributed by atoms with E-state index in [4.69, 9.17) is 0 Å². The largest absolute Gasteiger partial charge is 0.481 e. The van der Waals surface area contributed by atoms with E-state index in [1.807, 2.05) is 12.1 Å². The van der Waals surface area contributed by atoms with Crippen molar-refractivity contribution in [3.8, 4) is 11.1 Å². The smallest absolute Gasteiger partial charge is 0.313 e. The molecule has 0 heterocycles. The molecule has 108 valence electrons. The number of aliphatic carboxylic acids is 1. The van der Waals surface area contributed by atoms with Gasteiger partial charge in [-0.3, -0.25) is 14.9 Å². The van der Waals surface area contributed by atoms with Crippen LogP contribution in [0.1, 0.15) is 19.4 Å². The third-order valence-corrected chi connectivity index (χ3v) is 3.55. The van der Waals surface area contributed by atoms with Gasteiger partial charge in [-0.25, -0.2) is 0 Å². The fourth-order valence-corrected chi connectivity index (χ4v) is 1.98. The molecule has 0 radical (unpaired) electrons. The van der Waals surface area contributed by atoms with Crippen molar-refractivity contribution in [1.82, 2.24) is 0 Å². The van der Waals surface area contributed by atoms with E-state index in [1.54, 1.807) is 38.1 Å². The summed E-state index contributed by atoms with van der Waals surface area (Å²) in [6.07, 6.45) is 0. The third kappa shape index (κ3) is 2.91. The van der Waals surface area contributed by atoms with E-state index >= 15 is 0 Å². The Morgan fingerprint density at radius 3 is 1.81 bits per heavy atom. The lowest BCUT2D eigenvalue weighted by Gasteiger charge is -2.19. The van der Waals surface area contributed by atoms with Crippen molar-refractivity contribution < 1.29 is 14.8 Å². The number of nitro groups is 1. The minimum Gasteiger partial charge on any atom is -0.481 e. The van der Waals surface area contributed by atoms with E-state index in [-0.39, 0.29) is 5.69 Å². The molecule has 21 heavy (non-hydrogen) atoms. The van der Waals surface area contributed by atoms with Gasteiger partial charge in [-0.05, 0) is 42.7 Å². The Kier molecular flexibility index (Phi) is 3.76. The van der Waals surface area contributed by atoms with Crippen LogP contribution in [0.4, 0.5) is 5.69 Å². The molecule has 1 N–H and O–H groups in total. The molecule has 0 aliphatic rings. The summed E-state index contributed by atoms with van der Waals surface area (Å²) in [6.45, 7) is 3.30. The summed E-state index contributed by atoms with van der Waals surface area (Å²) in [5, 5.41) is 19.8. The maximum atomic E-state index is 11.2. The van der Waals surface area contributed by atoms with Gasteiger partial charge in [0.25, 0.3) is 5.69 Å². The number of carboxylic acid groups (broad SMARTS) is 1. The van der Waals surface area contributed by atoms with E-state index < -0.39 is 16.3 Å². The lowest BCUT2D eigenvalue weighted by atomic mass is 9.84. The molecule has 0 spiro atoms. The number of benzene rings is 2. The molecule has 0 unspecified atom stereocenters. The van der Waals surface area contributed by atoms with Gasteiger partial charge in [0.15, 0.2) is 0 Å². The summed E-state index contributed by atoms with van der Waals surface area (Å²) in [7, 11) is 0. The molecular formula is C16H15NO4. The zero-order valence-electron chi connectivity index (χ0n) is 11.7. The van der Waals surface area contributed by atoms with Gasteiger partial charge in [0, 0.05) is 12.1 Å². The highest BCUT2D eigenvalue weighted by molar-refractivity contribution is 5.80. The van der Waals surface area contributed by atoms with Crippen LogP contribution in [-0.4, -0.2) is 16.0 Å². The highest BCUT2D eigenvalue weighted by Crippen LogP contribution is 2.27. The number of hydrogen-bond acceptors (Lipinski definition) is 3. The third-order valence-electron chi connectivity index (χ3n) is 3.55. The normalized spacial score (nSPS) is 11.1. The summed E-state index contributed by atoms with van der Waals surface area (Å²) < 4.78 is 0. The number of hydrogen-bond donors (Lipinski definition) is 1. The first-order valence-electron chi connectivity index (χ1n) is 6.41. The monoisotopic (exact) mass is 285 g/mol. The van der Waals surface area contributed by atoms with Crippen molar-refractivity contribution in [3.63, 3.8) is 0 Å². The van der Waals surface area contributed by atoms with Crippen LogP contribution in [0.15, 0.2) is 48.5 Å². The Morgan fingerprint density at radius 1 is 1.00 bits per heavy atom. The van der Waals surface area contributed by atoms with Crippen LogP contribution >= 0.6 is 0 Å². The first-order valence-corrected chi connectivity index (χ1v) is 6.41. The number of carboxylic acids is 1. The summed E-state index contributed by atoms with van der Waals surface area (Å²) in [5.74, 6) is -0.884. The fourth-order valence-electron chi connectivity index (χ4n) is 1.98. The predicted molar refractivity (Wildman–Crippen MR) is 79.2 cm³/mol. The topological polar surface area (TPSA) is 80.4 Å². The van der Waals surface area contributed by atoms with E-state index in [2.05, 4.69) is 0 Å². The van der Waals surface area contributed by atoms with Crippen LogP contribution in [0, 0.1) is 10.1 Å². The Bertz CT molecular complexity index is 672. The van der Waals surface area contributed by atoms with Crippen molar-refractivity contribution in [2.24, 2.45) is 0 Å². The van der Waals surface area contributed by atoms with Crippen LogP contribution in [-0.2, 0) is 10.2 Å². The summed E-state index contributed by atoms with van der Waals surface area (Å²) >= 11 is 0. The number of carbonyl (C=O) groups is 1. The fraction of sp³-hybridized carbons (Fsp3) is 0.188. The van der Waals surface area contributed by atoms with Gasteiger partial charge in [-0.15, -0.1) is 0 Å². The van der Waals surface area contributed by atoms with Gasteiger partial charge in [0.1, 0.15) is 0 Å². The molecule has 0 fully saturated rings. The van der Waals surface area contributed by atoms with Crippen molar-refractivity contribution >= 4 is 11.7 Å². The Labute approximate surface area is 122 Å². The van der Waals surface area contributed by atoms with Crippen LogP contribution in [0.3, 0.4) is 0 Å². The van der Waals surface area contributed by atoms with Crippen molar-refractivity contribution in [1.29, 1.82) is 0 Å². The van der Waals surface area contributed by atoms with Crippen LogP contribution in [0.2, 0.25) is 0 Å². The average Bonchev–Trinajstić information content (AvgIpc) is 2.47. The number of rotatable bonds is 4. The minimum absolute atomic E-state index is 0.0439. The molecule has 0 saturated carbocycles. The van der Waals surface area contributed by atoms with Crippen LogP contribution < -0.4 is 0 Å². The number of nitrogens with zero attached hydrogens (tertiary/aromatic N) is 1. The first-order chi connectivity index (χ1) is 9.82. The van der Waals surface area contributed by atoms with Gasteiger partial charge in [-0.1, -0.05) is 24.3 Å². The molecule has 0 aromatic heterocycles. The molecule has 2 rings (SSSR count). The van der Waals surface area contributed by atoms with Crippen LogP contribution in [0.25, 0.3) is 11.1 Å². The molecule has 0 saturated heterocycles. The average molecular weight is 285 g/mol. The van der Waals surface area contributed by atoms with Crippen molar-refractivity contribution in [2.75, 3.05) is 0 Å². The second-order valence-corrected chi connectivity index (χ2v) is 5.31. The Hall–Kier alpha value is -2.69. The van der Waals surface area contributed by atoms with Gasteiger partial charge < -0.3 is 5.11 Å². The molecule has 2 aromatic carbocycles. The summed E-state index contributed by atoms with van der Waals surface area (Å²) in [4.78, 5) is 21.4. The van der Waals surface area contributed by atoms with E-state index in [0.29, 0.717) is 5.56 Å². The quantitative estimate of drug-likeness (QED) is 0.687. The Balaban J connectivity index is 2.31. The molecule has 0 amide bonds. The molecule has 5 heteroatoms. The predicted octanol–water partition coefficient (Wildman–Crippen LogP) is 3.62. The van der Waals surface area contributed by atoms with Gasteiger partial charge in [0.2, 0.25) is 0 Å². The number of nitro benzene ring substituents is 1. The van der Waals surface area contributed by atoms with Crippen molar-refractivity contribution in [2.45, 2.75) is 19.3 Å².